The van der Waals surface area contributed by atoms with Gasteiger partial charge in [-0.2, -0.15) is 0 Å². The third kappa shape index (κ3) is 4.39. The molecule has 2 aromatic carbocycles. The number of hydrogen-bond acceptors (Lipinski definition) is 6. The van der Waals surface area contributed by atoms with Crippen LogP contribution in [0.1, 0.15) is 11.4 Å². The quantitative estimate of drug-likeness (QED) is 0.333. The Morgan fingerprint density at radius 1 is 1.25 bits per heavy atom. The molecule has 0 aliphatic carbocycles. The number of nitrogens with zero attached hydrogens (tertiary/aromatic N) is 4. The summed E-state index contributed by atoms with van der Waals surface area (Å²) < 4.78 is 2.36. The van der Waals surface area contributed by atoms with Crippen LogP contribution >= 0.6 is 27.7 Å². The summed E-state index contributed by atoms with van der Waals surface area (Å²) in [5.41, 5.74) is 2.45. The second-order valence-electron chi connectivity index (χ2n) is 5.91. The molecule has 0 radical (unpaired) electrons. The predicted octanol–water partition coefficient (Wildman–Crippen LogP) is 4.29. The number of aryl methyl sites for hydroxylation is 2. The maximum Gasteiger partial charge on any atom is 0.270 e. The van der Waals surface area contributed by atoms with Crippen molar-refractivity contribution in [2.75, 3.05) is 11.1 Å². The fourth-order valence-electron chi connectivity index (χ4n) is 2.56. The molecule has 0 aliphatic heterocycles. The molecule has 10 heteroatoms. The number of nitrogens with one attached hydrogen (secondary N) is 1. The van der Waals surface area contributed by atoms with E-state index in [1.165, 1.54) is 30.0 Å². The standard InChI is InChI=1S/C18H16BrN5O3S/c1-11-5-3-4-6-16(11)23-12(2)21-22-18(23)28-10-17(25)20-15-8-7-13(24(26)27)9-14(15)19/h3-9H,10H2,1-2H3,(H,20,25). The molecule has 0 unspecified atom stereocenters. The van der Waals surface area contributed by atoms with Gasteiger partial charge >= 0.3 is 0 Å². The third-order valence-corrected chi connectivity index (χ3v) is 5.51. The lowest BCUT2D eigenvalue weighted by Gasteiger charge is -2.11. The zero-order chi connectivity index (χ0) is 20.3. The second-order valence-corrected chi connectivity index (χ2v) is 7.71. The summed E-state index contributed by atoms with van der Waals surface area (Å²) in [6.07, 6.45) is 0. The lowest BCUT2D eigenvalue weighted by Crippen LogP contribution is -2.15. The molecule has 0 saturated heterocycles. The van der Waals surface area contributed by atoms with Gasteiger partial charge in [0.2, 0.25) is 5.91 Å². The number of anilines is 1. The number of halogens is 1. The van der Waals surface area contributed by atoms with E-state index in [0.29, 0.717) is 15.3 Å². The molecular weight excluding hydrogens is 446 g/mol. The largest absolute Gasteiger partial charge is 0.324 e. The molecule has 0 saturated carbocycles. The average molecular weight is 462 g/mol. The summed E-state index contributed by atoms with van der Waals surface area (Å²) in [4.78, 5) is 22.6. The highest BCUT2D eigenvalue weighted by Gasteiger charge is 2.16. The van der Waals surface area contributed by atoms with Crippen molar-refractivity contribution >= 4 is 45.0 Å². The lowest BCUT2D eigenvalue weighted by molar-refractivity contribution is -0.384. The van der Waals surface area contributed by atoms with E-state index in [0.717, 1.165) is 17.1 Å². The summed E-state index contributed by atoms with van der Waals surface area (Å²) in [6, 6.07) is 12.1. The number of carbonyl (C=O) groups excluding carboxylic acids is 1. The minimum Gasteiger partial charge on any atom is -0.324 e. The van der Waals surface area contributed by atoms with Crippen molar-refractivity contribution < 1.29 is 9.72 Å². The van der Waals surface area contributed by atoms with Gasteiger partial charge in [0.15, 0.2) is 5.16 Å². The van der Waals surface area contributed by atoms with Crippen LogP contribution in [0.3, 0.4) is 0 Å². The summed E-state index contributed by atoms with van der Waals surface area (Å²) in [5, 5.41) is 22.5. The zero-order valence-corrected chi connectivity index (χ0v) is 17.5. The number of carbonyl (C=O) groups is 1. The molecule has 0 spiro atoms. The fourth-order valence-corrected chi connectivity index (χ4v) is 3.82. The van der Waals surface area contributed by atoms with Crippen molar-refractivity contribution in [3.8, 4) is 5.69 Å². The van der Waals surface area contributed by atoms with E-state index in [9.17, 15) is 14.9 Å². The number of benzene rings is 2. The van der Waals surface area contributed by atoms with Gasteiger partial charge in [0.1, 0.15) is 5.82 Å². The minimum atomic E-state index is -0.493. The first-order valence-electron chi connectivity index (χ1n) is 8.21. The van der Waals surface area contributed by atoms with Crippen LogP contribution in [0.2, 0.25) is 0 Å². The van der Waals surface area contributed by atoms with Gasteiger partial charge in [-0.1, -0.05) is 30.0 Å². The number of aromatic nitrogens is 3. The SMILES string of the molecule is Cc1ccccc1-n1c(C)nnc1SCC(=O)Nc1ccc([N+](=O)[O-])cc1Br. The van der Waals surface area contributed by atoms with E-state index in [1.807, 2.05) is 42.7 Å². The van der Waals surface area contributed by atoms with Gasteiger partial charge < -0.3 is 5.32 Å². The number of amides is 1. The number of nitro groups is 1. The molecule has 0 aliphatic rings. The number of nitro benzene ring substituents is 1. The van der Waals surface area contributed by atoms with E-state index >= 15 is 0 Å². The monoisotopic (exact) mass is 461 g/mol. The topological polar surface area (TPSA) is 103 Å². The Bertz CT molecular complexity index is 1050. The highest BCUT2D eigenvalue weighted by molar-refractivity contribution is 9.10. The van der Waals surface area contributed by atoms with E-state index in [1.54, 1.807) is 0 Å². The van der Waals surface area contributed by atoms with Crippen molar-refractivity contribution in [2.24, 2.45) is 0 Å². The van der Waals surface area contributed by atoms with Crippen LogP contribution in [0.5, 0.6) is 0 Å². The fraction of sp³-hybridized carbons (Fsp3) is 0.167. The first-order valence-corrected chi connectivity index (χ1v) is 9.99. The van der Waals surface area contributed by atoms with Gasteiger partial charge in [-0.05, 0) is 47.5 Å². The van der Waals surface area contributed by atoms with Crippen LogP contribution in [0, 0.1) is 24.0 Å². The van der Waals surface area contributed by atoms with E-state index in [-0.39, 0.29) is 17.3 Å². The van der Waals surface area contributed by atoms with E-state index in [2.05, 4.69) is 31.4 Å². The molecule has 0 fully saturated rings. The molecule has 3 aromatic rings. The van der Waals surface area contributed by atoms with Gasteiger partial charge in [-0.15, -0.1) is 10.2 Å². The Morgan fingerprint density at radius 3 is 2.68 bits per heavy atom. The van der Waals surface area contributed by atoms with E-state index in [4.69, 9.17) is 0 Å². The van der Waals surface area contributed by atoms with Gasteiger partial charge in [-0.25, -0.2) is 0 Å². The molecule has 0 bridgehead atoms. The smallest absolute Gasteiger partial charge is 0.270 e. The number of non-ortho nitro benzene ring substituents is 1. The van der Waals surface area contributed by atoms with Crippen LogP contribution < -0.4 is 5.32 Å². The molecule has 1 aromatic heterocycles. The maximum absolute atomic E-state index is 12.3. The molecule has 1 N–H and O–H groups in total. The molecule has 28 heavy (non-hydrogen) atoms. The molecule has 1 heterocycles. The van der Waals surface area contributed by atoms with E-state index < -0.39 is 4.92 Å². The van der Waals surface area contributed by atoms with Crippen LogP contribution in [-0.2, 0) is 4.79 Å². The third-order valence-electron chi connectivity index (χ3n) is 3.92. The summed E-state index contributed by atoms with van der Waals surface area (Å²) in [6.45, 7) is 3.86. The summed E-state index contributed by atoms with van der Waals surface area (Å²) in [7, 11) is 0. The highest BCUT2D eigenvalue weighted by atomic mass is 79.9. The number of rotatable bonds is 6. The Labute approximate surface area is 173 Å². The molecule has 1 amide bonds. The van der Waals surface area contributed by atoms with Crippen molar-refractivity contribution in [2.45, 2.75) is 19.0 Å². The van der Waals surface area contributed by atoms with Crippen molar-refractivity contribution in [3.63, 3.8) is 0 Å². The van der Waals surface area contributed by atoms with Crippen molar-refractivity contribution in [1.29, 1.82) is 0 Å². The van der Waals surface area contributed by atoms with Crippen molar-refractivity contribution in [3.05, 3.63) is 68.4 Å². The molecular formula is C18H16BrN5O3S. The van der Waals surface area contributed by atoms with Crippen LogP contribution in [-0.4, -0.2) is 31.3 Å². The molecule has 144 valence electrons. The number of thioether (sulfide) groups is 1. The number of para-hydroxylation sites is 1. The first kappa shape index (κ1) is 20.0. The van der Waals surface area contributed by atoms with Gasteiger partial charge in [-0.3, -0.25) is 19.5 Å². The minimum absolute atomic E-state index is 0.0546. The van der Waals surface area contributed by atoms with Crippen LogP contribution in [0.25, 0.3) is 5.69 Å². The average Bonchev–Trinajstić information content (AvgIpc) is 3.02. The number of hydrogen-bond donors (Lipinski definition) is 1. The Kier molecular flexibility index (Phi) is 6.10. The maximum atomic E-state index is 12.3. The van der Waals surface area contributed by atoms with Gasteiger partial charge in [0.05, 0.1) is 22.1 Å². The van der Waals surface area contributed by atoms with Crippen LogP contribution in [0.15, 0.2) is 52.1 Å². The molecule has 3 rings (SSSR count). The second kappa shape index (κ2) is 8.53. The zero-order valence-electron chi connectivity index (χ0n) is 15.0. The highest BCUT2D eigenvalue weighted by Crippen LogP contribution is 2.28. The van der Waals surface area contributed by atoms with Gasteiger partial charge in [0, 0.05) is 16.6 Å². The summed E-state index contributed by atoms with van der Waals surface area (Å²) >= 11 is 4.51. The Hall–Kier alpha value is -2.72. The Morgan fingerprint density at radius 2 is 2.00 bits per heavy atom. The Balaban J connectivity index is 1.71. The molecule has 0 atom stereocenters. The van der Waals surface area contributed by atoms with Gasteiger partial charge in [0.25, 0.3) is 5.69 Å². The normalized spacial score (nSPS) is 10.7. The molecule has 8 nitrogen and oxygen atoms in total. The van der Waals surface area contributed by atoms with Crippen molar-refractivity contribution in [1.82, 2.24) is 14.8 Å². The first-order chi connectivity index (χ1) is 13.4. The predicted molar refractivity (Wildman–Crippen MR) is 111 cm³/mol. The lowest BCUT2D eigenvalue weighted by atomic mass is 10.2. The summed E-state index contributed by atoms with van der Waals surface area (Å²) in [5.74, 6) is 0.597. The van der Waals surface area contributed by atoms with Crippen LogP contribution in [0.4, 0.5) is 11.4 Å².